The summed E-state index contributed by atoms with van der Waals surface area (Å²) in [4.78, 5) is 10.7. The molecule has 0 atom stereocenters. The van der Waals surface area contributed by atoms with Crippen LogP contribution in [0.15, 0.2) is 53.4 Å². The molecule has 0 bridgehead atoms. The third kappa shape index (κ3) is 5.38. The van der Waals surface area contributed by atoms with Crippen molar-refractivity contribution in [1.29, 1.82) is 0 Å². The number of carbonyl (C=O) groups excluding carboxylic acids is 1. The summed E-state index contributed by atoms with van der Waals surface area (Å²) < 4.78 is 68.1. The van der Waals surface area contributed by atoms with Gasteiger partial charge in [-0.25, -0.2) is 8.42 Å². The number of halogens is 3. The number of carbonyl (C=O) groups is 1. The fraction of sp³-hybridized carbons (Fsp3) is 0.188. The van der Waals surface area contributed by atoms with Crippen LogP contribution in [0.3, 0.4) is 0 Å². The standard InChI is InChI=1S/C16H15F3N2O4S/c1-20-15(22)10-11-6-8-12(9-7-11)21-26(23,24)14-5-3-2-4-13(14)25-16(17,18)19/h2-9,21H,10H2,1H3,(H,20,22). The molecule has 0 aliphatic heterocycles. The van der Waals surface area contributed by atoms with Crippen LogP contribution in [-0.4, -0.2) is 27.7 Å². The normalized spacial score (nSPS) is 11.7. The van der Waals surface area contributed by atoms with Crippen LogP contribution in [0.1, 0.15) is 5.56 Å². The zero-order valence-corrected chi connectivity index (χ0v) is 14.3. The van der Waals surface area contributed by atoms with Crippen LogP contribution in [0, 0.1) is 0 Å². The molecular formula is C16H15F3N2O4S. The molecule has 1 amide bonds. The van der Waals surface area contributed by atoms with Gasteiger partial charge in [0, 0.05) is 12.7 Å². The predicted molar refractivity (Wildman–Crippen MR) is 88.1 cm³/mol. The minimum Gasteiger partial charge on any atom is -0.404 e. The Labute approximate surface area is 148 Å². The second-order valence-corrected chi connectivity index (χ2v) is 6.80. The van der Waals surface area contributed by atoms with E-state index in [1.807, 2.05) is 0 Å². The van der Waals surface area contributed by atoms with E-state index in [2.05, 4.69) is 14.8 Å². The van der Waals surface area contributed by atoms with Crippen LogP contribution >= 0.6 is 0 Å². The molecule has 0 unspecified atom stereocenters. The van der Waals surface area contributed by atoms with E-state index >= 15 is 0 Å². The molecule has 0 spiro atoms. The van der Waals surface area contributed by atoms with Crippen molar-refractivity contribution in [2.75, 3.05) is 11.8 Å². The Morgan fingerprint density at radius 1 is 1.08 bits per heavy atom. The van der Waals surface area contributed by atoms with Gasteiger partial charge in [0.05, 0.1) is 6.42 Å². The highest BCUT2D eigenvalue weighted by Crippen LogP contribution is 2.30. The minimum absolute atomic E-state index is 0.117. The molecule has 10 heteroatoms. The predicted octanol–water partition coefficient (Wildman–Crippen LogP) is 2.67. The van der Waals surface area contributed by atoms with Crippen LogP contribution in [0.25, 0.3) is 0 Å². The Morgan fingerprint density at radius 2 is 1.69 bits per heavy atom. The highest BCUT2D eigenvalue weighted by Gasteiger charge is 2.34. The molecule has 2 rings (SSSR count). The number of ether oxygens (including phenoxy) is 1. The molecule has 0 saturated heterocycles. The zero-order valence-electron chi connectivity index (χ0n) is 13.5. The van der Waals surface area contributed by atoms with Crippen molar-refractivity contribution in [3.63, 3.8) is 0 Å². The number of amides is 1. The fourth-order valence-electron chi connectivity index (χ4n) is 2.06. The molecule has 140 valence electrons. The van der Waals surface area contributed by atoms with Crippen LogP contribution < -0.4 is 14.8 Å². The average Bonchev–Trinajstić information content (AvgIpc) is 2.55. The van der Waals surface area contributed by atoms with Crippen LogP contribution in [0.5, 0.6) is 5.75 Å². The molecule has 2 aromatic rings. The molecule has 6 nitrogen and oxygen atoms in total. The van der Waals surface area contributed by atoms with Gasteiger partial charge in [-0.2, -0.15) is 0 Å². The second-order valence-electron chi connectivity index (χ2n) is 5.15. The molecule has 0 aliphatic rings. The number of anilines is 1. The SMILES string of the molecule is CNC(=O)Cc1ccc(NS(=O)(=O)c2ccccc2OC(F)(F)F)cc1. The van der Waals surface area contributed by atoms with Gasteiger partial charge in [0.15, 0.2) is 0 Å². The Kier molecular flexibility index (Phi) is 5.76. The molecular weight excluding hydrogens is 373 g/mol. The van der Waals surface area contributed by atoms with Gasteiger partial charge < -0.3 is 10.1 Å². The van der Waals surface area contributed by atoms with E-state index in [0.717, 1.165) is 12.1 Å². The number of rotatable bonds is 6. The topological polar surface area (TPSA) is 84.5 Å². The van der Waals surface area contributed by atoms with Crippen molar-refractivity contribution in [3.05, 3.63) is 54.1 Å². The molecule has 0 aliphatic carbocycles. The number of hydrogen-bond donors (Lipinski definition) is 2. The molecule has 2 aromatic carbocycles. The Morgan fingerprint density at radius 3 is 2.27 bits per heavy atom. The summed E-state index contributed by atoms with van der Waals surface area (Å²) in [5.74, 6) is -1.04. The summed E-state index contributed by atoms with van der Waals surface area (Å²) in [6, 6.07) is 10.3. The monoisotopic (exact) mass is 388 g/mol. The Balaban J connectivity index is 2.23. The zero-order chi connectivity index (χ0) is 19.4. The Bertz CT molecular complexity index is 881. The quantitative estimate of drug-likeness (QED) is 0.797. The number of hydrogen-bond acceptors (Lipinski definition) is 4. The third-order valence-electron chi connectivity index (χ3n) is 3.21. The summed E-state index contributed by atoms with van der Waals surface area (Å²) in [5.41, 5.74) is 0.778. The fourth-order valence-corrected chi connectivity index (χ4v) is 3.24. The maximum absolute atomic E-state index is 12.4. The van der Waals surface area contributed by atoms with Crippen molar-refractivity contribution in [1.82, 2.24) is 5.32 Å². The number of sulfonamides is 1. The lowest BCUT2D eigenvalue weighted by Crippen LogP contribution is -2.21. The van der Waals surface area contributed by atoms with Crippen LogP contribution in [0.2, 0.25) is 0 Å². The van der Waals surface area contributed by atoms with Gasteiger partial charge in [-0.3, -0.25) is 9.52 Å². The number of likely N-dealkylation sites (N-methyl/N-ethyl adjacent to an activating group) is 1. The smallest absolute Gasteiger partial charge is 0.404 e. The first-order valence-electron chi connectivity index (χ1n) is 7.28. The van der Waals surface area contributed by atoms with E-state index in [0.29, 0.717) is 5.56 Å². The molecule has 0 aromatic heterocycles. The summed E-state index contributed by atoms with van der Waals surface area (Å²) >= 11 is 0. The van der Waals surface area contributed by atoms with E-state index in [-0.39, 0.29) is 18.0 Å². The van der Waals surface area contributed by atoms with Gasteiger partial charge in [0.2, 0.25) is 5.91 Å². The molecule has 0 fully saturated rings. The highest BCUT2D eigenvalue weighted by atomic mass is 32.2. The van der Waals surface area contributed by atoms with Gasteiger partial charge in [-0.1, -0.05) is 24.3 Å². The first-order valence-corrected chi connectivity index (χ1v) is 8.76. The summed E-state index contributed by atoms with van der Waals surface area (Å²) in [5, 5.41) is 2.46. The van der Waals surface area contributed by atoms with Crippen molar-refractivity contribution in [2.24, 2.45) is 0 Å². The van der Waals surface area contributed by atoms with Crippen molar-refractivity contribution in [3.8, 4) is 5.75 Å². The maximum Gasteiger partial charge on any atom is 0.573 e. The van der Waals surface area contributed by atoms with E-state index < -0.39 is 27.0 Å². The van der Waals surface area contributed by atoms with Gasteiger partial charge >= 0.3 is 6.36 Å². The summed E-state index contributed by atoms with van der Waals surface area (Å²) in [6.07, 6.45) is -4.90. The second kappa shape index (κ2) is 7.65. The highest BCUT2D eigenvalue weighted by molar-refractivity contribution is 7.92. The summed E-state index contributed by atoms with van der Waals surface area (Å²) in [7, 11) is -2.82. The average molecular weight is 388 g/mol. The van der Waals surface area contributed by atoms with Crippen molar-refractivity contribution < 1.29 is 31.1 Å². The van der Waals surface area contributed by atoms with Crippen LogP contribution in [0.4, 0.5) is 18.9 Å². The van der Waals surface area contributed by atoms with E-state index in [1.165, 1.54) is 43.4 Å². The Hall–Kier alpha value is -2.75. The van der Waals surface area contributed by atoms with Gasteiger partial charge in [0.1, 0.15) is 10.6 Å². The lowest BCUT2D eigenvalue weighted by Gasteiger charge is -2.14. The first kappa shape index (κ1) is 19.6. The summed E-state index contributed by atoms with van der Waals surface area (Å²) in [6.45, 7) is 0. The van der Waals surface area contributed by atoms with Gasteiger partial charge in [-0.05, 0) is 29.8 Å². The lowest BCUT2D eigenvalue weighted by molar-refractivity contribution is -0.275. The maximum atomic E-state index is 12.4. The molecule has 0 radical (unpaired) electrons. The van der Waals surface area contributed by atoms with Crippen molar-refractivity contribution in [2.45, 2.75) is 17.7 Å². The molecule has 26 heavy (non-hydrogen) atoms. The third-order valence-corrected chi connectivity index (χ3v) is 4.63. The largest absolute Gasteiger partial charge is 0.573 e. The lowest BCUT2D eigenvalue weighted by atomic mass is 10.1. The van der Waals surface area contributed by atoms with E-state index in [4.69, 9.17) is 0 Å². The minimum atomic E-state index is -5.02. The van der Waals surface area contributed by atoms with Gasteiger partial charge in [-0.15, -0.1) is 13.2 Å². The number of alkyl halides is 3. The van der Waals surface area contributed by atoms with Crippen LogP contribution in [-0.2, 0) is 21.2 Å². The number of nitrogens with one attached hydrogen (secondary N) is 2. The first-order chi connectivity index (χ1) is 12.1. The number of benzene rings is 2. The van der Waals surface area contributed by atoms with Gasteiger partial charge in [0.25, 0.3) is 10.0 Å². The molecule has 2 N–H and O–H groups in total. The van der Waals surface area contributed by atoms with Crippen molar-refractivity contribution >= 4 is 21.6 Å². The molecule has 0 saturated carbocycles. The van der Waals surface area contributed by atoms with E-state index in [9.17, 15) is 26.4 Å². The molecule has 0 heterocycles. The van der Waals surface area contributed by atoms with E-state index in [1.54, 1.807) is 0 Å². The number of para-hydroxylation sites is 1.